The minimum atomic E-state index is -0.280. The van der Waals surface area contributed by atoms with Gasteiger partial charge in [-0.15, -0.1) is 0 Å². The molecule has 0 fully saturated rings. The molecule has 2 amide bonds. The average molecular weight is 282 g/mol. The highest BCUT2D eigenvalue weighted by Gasteiger charge is 2.00. The van der Waals surface area contributed by atoms with Crippen LogP contribution in [0.3, 0.4) is 0 Å². The molecular weight excluding hydrogens is 259 g/mol. The van der Waals surface area contributed by atoms with Crippen LogP contribution < -0.4 is 15.4 Å². The summed E-state index contributed by atoms with van der Waals surface area (Å²) in [4.78, 5) is 11.4. The first-order valence-corrected chi connectivity index (χ1v) is 6.98. The number of carbonyl (C=O) groups excluding carboxylic acids is 1. The van der Waals surface area contributed by atoms with E-state index in [2.05, 4.69) is 24.5 Å². The Kier molecular flexibility index (Phi) is 7.47. The van der Waals surface area contributed by atoms with Gasteiger partial charge in [-0.3, -0.25) is 0 Å². The topological polar surface area (TPSA) is 50.4 Å². The lowest BCUT2D eigenvalue weighted by Crippen LogP contribution is -2.37. The monoisotopic (exact) mass is 282 g/mol. The van der Waals surface area contributed by atoms with E-state index in [1.165, 1.54) is 12.1 Å². The Morgan fingerprint density at radius 1 is 1.20 bits per heavy atom. The van der Waals surface area contributed by atoms with Crippen LogP contribution in [-0.4, -0.2) is 25.7 Å². The Bertz CT molecular complexity index is 393. The lowest BCUT2D eigenvalue weighted by molar-refractivity contribution is 0.238. The number of urea groups is 1. The molecule has 0 spiro atoms. The van der Waals surface area contributed by atoms with Crippen molar-refractivity contribution in [3.8, 4) is 5.75 Å². The van der Waals surface area contributed by atoms with Crippen molar-refractivity contribution < 1.29 is 13.9 Å². The second kappa shape index (κ2) is 9.18. The number of hydrogen-bond acceptors (Lipinski definition) is 2. The molecule has 1 rings (SSSR count). The van der Waals surface area contributed by atoms with Gasteiger partial charge in [0.1, 0.15) is 11.6 Å². The number of carbonyl (C=O) groups is 1. The highest BCUT2D eigenvalue weighted by atomic mass is 19.1. The maximum atomic E-state index is 12.7. The van der Waals surface area contributed by atoms with Crippen LogP contribution >= 0.6 is 0 Å². The van der Waals surface area contributed by atoms with Gasteiger partial charge >= 0.3 is 6.03 Å². The summed E-state index contributed by atoms with van der Waals surface area (Å²) in [6, 6.07) is 5.74. The number of nitrogens with one attached hydrogen (secondary N) is 2. The molecule has 0 unspecified atom stereocenters. The van der Waals surface area contributed by atoms with Crippen molar-refractivity contribution in [2.45, 2.75) is 26.7 Å². The predicted octanol–water partition coefficient (Wildman–Crippen LogP) is 2.94. The fraction of sp³-hybridized carbons (Fsp3) is 0.533. The van der Waals surface area contributed by atoms with E-state index in [4.69, 9.17) is 4.74 Å². The Morgan fingerprint density at radius 3 is 2.50 bits per heavy atom. The lowest BCUT2D eigenvalue weighted by Gasteiger charge is -2.09. The fourth-order valence-electron chi connectivity index (χ4n) is 1.53. The largest absolute Gasteiger partial charge is 0.494 e. The van der Waals surface area contributed by atoms with Gasteiger partial charge in [0, 0.05) is 13.1 Å². The maximum absolute atomic E-state index is 12.7. The van der Waals surface area contributed by atoms with Gasteiger partial charge in [0.15, 0.2) is 0 Å². The molecule has 5 heteroatoms. The van der Waals surface area contributed by atoms with Crippen LogP contribution in [0.1, 0.15) is 26.7 Å². The normalized spacial score (nSPS) is 10.4. The average Bonchev–Trinajstić information content (AvgIpc) is 2.40. The third-order valence-corrected chi connectivity index (χ3v) is 2.70. The zero-order valence-electron chi connectivity index (χ0n) is 12.1. The molecule has 0 radical (unpaired) electrons. The van der Waals surface area contributed by atoms with Crippen molar-refractivity contribution in [3.63, 3.8) is 0 Å². The van der Waals surface area contributed by atoms with E-state index in [1.807, 2.05) is 0 Å². The predicted molar refractivity (Wildman–Crippen MR) is 77.4 cm³/mol. The zero-order chi connectivity index (χ0) is 14.8. The molecular formula is C15H23FN2O2. The molecule has 1 aromatic rings. The number of halogens is 1. The van der Waals surface area contributed by atoms with E-state index in [0.717, 1.165) is 6.42 Å². The van der Waals surface area contributed by atoms with Gasteiger partial charge in [-0.2, -0.15) is 0 Å². The minimum Gasteiger partial charge on any atom is -0.494 e. The first-order valence-electron chi connectivity index (χ1n) is 6.98. The quantitative estimate of drug-likeness (QED) is 0.720. The number of amides is 2. The van der Waals surface area contributed by atoms with Gasteiger partial charge in [0.2, 0.25) is 0 Å². The van der Waals surface area contributed by atoms with Gasteiger partial charge < -0.3 is 15.4 Å². The molecule has 0 saturated heterocycles. The molecule has 2 N–H and O–H groups in total. The Morgan fingerprint density at radius 2 is 1.85 bits per heavy atom. The molecule has 20 heavy (non-hydrogen) atoms. The van der Waals surface area contributed by atoms with Crippen molar-refractivity contribution in [1.82, 2.24) is 10.6 Å². The van der Waals surface area contributed by atoms with Gasteiger partial charge in [0.25, 0.3) is 0 Å². The molecule has 0 bridgehead atoms. The van der Waals surface area contributed by atoms with Gasteiger partial charge in [0.05, 0.1) is 6.61 Å². The summed E-state index contributed by atoms with van der Waals surface area (Å²) in [5.74, 6) is 0.935. The number of rotatable bonds is 8. The second-order valence-electron chi connectivity index (χ2n) is 5.02. The van der Waals surface area contributed by atoms with E-state index >= 15 is 0 Å². The number of ether oxygens (including phenoxy) is 1. The molecule has 0 aliphatic rings. The molecule has 0 aromatic heterocycles. The summed E-state index contributed by atoms with van der Waals surface area (Å²) < 4.78 is 18.1. The number of hydrogen-bond donors (Lipinski definition) is 2. The van der Waals surface area contributed by atoms with Crippen molar-refractivity contribution >= 4 is 6.03 Å². The Hall–Kier alpha value is -1.78. The van der Waals surface area contributed by atoms with Crippen molar-refractivity contribution in [1.29, 1.82) is 0 Å². The van der Waals surface area contributed by atoms with E-state index in [9.17, 15) is 9.18 Å². The van der Waals surface area contributed by atoms with Gasteiger partial charge in [-0.25, -0.2) is 9.18 Å². The first kappa shape index (κ1) is 16.3. The molecule has 0 heterocycles. The molecule has 4 nitrogen and oxygen atoms in total. The SMILES string of the molecule is CC(C)CCNC(=O)NCCCOc1ccc(F)cc1. The van der Waals surface area contributed by atoms with E-state index < -0.39 is 0 Å². The van der Waals surface area contributed by atoms with Crippen LogP contribution in [0.4, 0.5) is 9.18 Å². The summed E-state index contributed by atoms with van der Waals surface area (Å²) in [6.07, 6.45) is 1.68. The molecule has 1 aromatic carbocycles. The van der Waals surface area contributed by atoms with Gasteiger partial charge in [-0.1, -0.05) is 13.8 Å². The molecule has 112 valence electrons. The van der Waals surface area contributed by atoms with E-state index in [0.29, 0.717) is 37.8 Å². The molecule has 0 aliphatic carbocycles. The fourth-order valence-corrected chi connectivity index (χ4v) is 1.53. The first-order chi connectivity index (χ1) is 9.58. The van der Waals surface area contributed by atoms with Crippen LogP contribution in [0.25, 0.3) is 0 Å². The third kappa shape index (κ3) is 7.61. The zero-order valence-corrected chi connectivity index (χ0v) is 12.1. The van der Waals surface area contributed by atoms with Crippen LogP contribution in [0, 0.1) is 11.7 Å². The smallest absolute Gasteiger partial charge is 0.314 e. The summed E-state index contributed by atoms with van der Waals surface area (Å²) >= 11 is 0. The highest BCUT2D eigenvalue weighted by Crippen LogP contribution is 2.10. The number of benzene rings is 1. The second-order valence-corrected chi connectivity index (χ2v) is 5.02. The maximum Gasteiger partial charge on any atom is 0.314 e. The van der Waals surface area contributed by atoms with Crippen molar-refractivity contribution in [2.24, 2.45) is 5.92 Å². The summed E-state index contributed by atoms with van der Waals surface area (Å²) in [5, 5.41) is 5.56. The Balaban J connectivity index is 2.01. The van der Waals surface area contributed by atoms with E-state index in [-0.39, 0.29) is 11.8 Å². The minimum absolute atomic E-state index is 0.146. The standard InChI is InChI=1S/C15H23FN2O2/c1-12(2)8-10-18-15(19)17-9-3-11-20-14-6-4-13(16)5-7-14/h4-7,12H,3,8-11H2,1-2H3,(H2,17,18,19). The van der Waals surface area contributed by atoms with Crippen LogP contribution in [0.2, 0.25) is 0 Å². The Labute approximate surface area is 119 Å². The van der Waals surface area contributed by atoms with Crippen LogP contribution in [-0.2, 0) is 0 Å². The van der Waals surface area contributed by atoms with Crippen LogP contribution in [0.5, 0.6) is 5.75 Å². The summed E-state index contributed by atoms with van der Waals surface area (Å²) in [6.45, 7) is 5.96. The third-order valence-electron chi connectivity index (χ3n) is 2.70. The van der Waals surface area contributed by atoms with Crippen molar-refractivity contribution in [3.05, 3.63) is 30.1 Å². The van der Waals surface area contributed by atoms with Crippen molar-refractivity contribution in [2.75, 3.05) is 19.7 Å². The molecule has 0 atom stereocenters. The summed E-state index contributed by atoms with van der Waals surface area (Å²) in [5.41, 5.74) is 0. The van der Waals surface area contributed by atoms with E-state index in [1.54, 1.807) is 12.1 Å². The summed E-state index contributed by atoms with van der Waals surface area (Å²) in [7, 11) is 0. The van der Waals surface area contributed by atoms with Gasteiger partial charge in [-0.05, 0) is 43.0 Å². The molecule has 0 aliphatic heterocycles. The lowest BCUT2D eigenvalue weighted by atomic mass is 10.1. The highest BCUT2D eigenvalue weighted by molar-refractivity contribution is 5.73. The molecule has 0 saturated carbocycles. The van der Waals surface area contributed by atoms with Crippen LogP contribution in [0.15, 0.2) is 24.3 Å².